The van der Waals surface area contributed by atoms with E-state index in [-0.39, 0.29) is 0 Å². The minimum absolute atomic E-state index is 0.705. The van der Waals surface area contributed by atoms with Crippen LogP contribution in [0.1, 0.15) is 11.1 Å². The van der Waals surface area contributed by atoms with Crippen LogP contribution in [0.2, 0.25) is 0 Å². The quantitative estimate of drug-likeness (QED) is 0.141. The van der Waals surface area contributed by atoms with Crippen molar-refractivity contribution in [1.82, 2.24) is 19.9 Å². The van der Waals surface area contributed by atoms with Crippen molar-refractivity contribution in [2.75, 3.05) is 0 Å². The van der Waals surface area contributed by atoms with Crippen molar-refractivity contribution < 1.29 is 0 Å². The van der Waals surface area contributed by atoms with Gasteiger partial charge in [-0.3, -0.25) is 0 Å². The Labute approximate surface area is 272 Å². The number of H-pyrrole nitrogens is 4. The van der Waals surface area contributed by atoms with Crippen molar-refractivity contribution in [3.63, 3.8) is 0 Å². The zero-order chi connectivity index (χ0) is 31.6. The maximum absolute atomic E-state index is 5.26. The van der Waals surface area contributed by atoms with Gasteiger partial charge in [-0.1, -0.05) is 133 Å². The molecule has 8 bridgehead atoms. The minimum atomic E-state index is 0.705. The highest BCUT2D eigenvalue weighted by Gasteiger charge is 2.16. The van der Waals surface area contributed by atoms with Crippen LogP contribution in [0.3, 0.4) is 0 Å². The highest BCUT2D eigenvalue weighted by atomic mass is 15.1. The van der Waals surface area contributed by atoms with Crippen molar-refractivity contribution in [3.05, 3.63) is 154 Å². The van der Waals surface area contributed by atoms with Gasteiger partial charge in [0.2, 0.25) is 0 Å². The van der Waals surface area contributed by atoms with E-state index in [0.717, 1.165) is 71.3 Å². The molecule has 0 spiro atoms. The first kappa shape index (κ1) is 26.4. The van der Waals surface area contributed by atoms with Gasteiger partial charge in [-0.25, -0.2) is 20.0 Å². The molecule has 0 amide bonds. The van der Waals surface area contributed by atoms with Gasteiger partial charge in [0.05, 0.1) is 0 Å². The summed E-state index contributed by atoms with van der Waals surface area (Å²) in [5, 5.41) is 7.80. The fourth-order valence-corrected chi connectivity index (χ4v) is 6.74. The van der Waals surface area contributed by atoms with E-state index in [0.29, 0.717) is 28.1 Å². The van der Waals surface area contributed by atoms with E-state index < -0.39 is 0 Å². The lowest BCUT2D eigenvalue weighted by Gasteiger charge is -2.00. The molecule has 10 rings (SSSR count). The summed E-state index contributed by atoms with van der Waals surface area (Å²) in [6.45, 7) is 0. The average molecular weight is 619 g/mol. The van der Waals surface area contributed by atoms with Crippen molar-refractivity contribution in [3.8, 4) is 0 Å². The fraction of sp³-hybridized carbons (Fsp3) is 0. The number of hydrogen-bond donors (Lipinski definition) is 4. The second-order valence-electron chi connectivity index (χ2n) is 11.9. The van der Waals surface area contributed by atoms with Gasteiger partial charge in [-0.05, 0) is 11.1 Å². The smallest absolute Gasteiger partial charge is 0.142 e. The summed E-state index contributed by atoms with van der Waals surface area (Å²) in [5.74, 6) is 2.85. The van der Waals surface area contributed by atoms with E-state index >= 15 is 0 Å². The SMILES string of the molecule is C(=Cc1cccc2c3[nH]c(c12)N=c1[nH]c(c2ccccc12)=Nc1[nH]c(c2ccccc12)N=c1[nH]c(c2ccccc12)=N3)c1ccccc1. The van der Waals surface area contributed by atoms with Crippen LogP contribution < -0.4 is 22.0 Å². The summed E-state index contributed by atoms with van der Waals surface area (Å²) < 4.78 is 0. The van der Waals surface area contributed by atoms with Gasteiger partial charge >= 0.3 is 0 Å². The summed E-state index contributed by atoms with van der Waals surface area (Å²) in [6, 6.07) is 41.1. The lowest BCUT2D eigenvalue weighted by Crippen LogP contribution is -2.10. The van der Waals surface area contributed by atoms with Gasteiger partial charge in [0.25, 0.3) is 0 Å². The normalized spacial score (nSPS) is 12.8. The number of aromatic amines is 4. The first-order valence-electron chi connectivity index (χ1n) is 15.8. The van der Waals surface area contributed by atoms with Crippen LogP contribution in [0.5, 0.6) is 0 Å². The van der Waals surface area contributed by atoms with E-state index in [2.05, 4.69) is 98.8 Å². The number of benzene rings is 5. The standard InChI is InChI=1S/C40H26N8/c1-2-11-23(12-3-1)21-22-24-13-10-20-31-32(24)40-47-38-30-19-9-8-18-29(30)36(45-38)43-34-26-15-5-4-14-25(26)33(41-34)42-35-27-16-6-7-17-28(27)37(44-35)46-39(31)48-40/h1-22H,(H4,41,42,43,44,45,46,47,48). The summed E-state index contributed by atoms with van der Waals surface area (Å²) in [5.41, 5.74) is 5.01. The van der Waals surface area contributed by atoms with Crippen LogP contribution >= 0.6 is 0 Å². The van der Waals surface area contributed by atoms with Crippen LogP contribution in [-0.4, -0.2) is 19.9 Å². The van der Waals surface area contributed by atoms with Crippen LogP contribution in [0.25, 0.3) is 55.2 Å². The van der Waals surface area contributed by atoms with E-state index in [4.69, 9.17) is 20.0 Å². The molecule has 8 heteroatoms. The third kappa shape index (κ3) is 4.16. The zero-order valence-electron chi connectivity index (χ0n) is 25.5. The Kier molecular flexibility index (Phi) is 5.71. The van der Waals surface area contributed by atoms with Gasteiger partial charge in [-0.2, -0.15) is 0 Å². The van der Waals surface area contributed by atoms with Crippen LogP contribution in [0.4, 0.5) is 23.3 Å². The molecule has 4 N–H and O–H groups in total. The molecule has 0 saturated heterocycles. The second kappa shape index (κ2) is 10.4. The Bertz CT molecular complexity index is 3000. The highest BCUT2D eigenvalue weighted by Crippen LogP contribution is 2.37. The van der Waals surface area contributed by atoms with E-state index in [1.54, 1.807) is 0 Å². The third-order valence-electron chi connectivity index (χ3n) is 9.00. The zero-order valence-corrected chi connectivity index (χ0v) is 25.5. The fourth-order valence-electron chi connectivity index (χ4n) is 6.74. The first-order valence-corrected chi connectivity index (χ1v) is 15.8. The van der Waals surface area contributed by atoms with E-state index in [9.17, 15) is 0 Å². The number of rotatable bonds is 2. The molecule has 0 atom stereocenters. The summed E-state index contributed by atoms with van der Waals surface area (Å²) in [7, 11) is 0. The maximum Gasteiger partial charge on any atom is 0.142 e. The van der Waals surface area contributed by atoms with Crippen LogP contribution in [-0.2, 0) is 0 Å². The summed E-state index contributed by atoms with van der Waals surface area (Å²) in [6.07, 6.45) is 4.26. The molecule has 9 aromatic rings. The molecule has 226 valence electrons. The monoisotopic (exact) mass is 618 g/mol. The van der Waals surface area contributed by atoms with Gasteiger partial charge < -0.3 is 19.9 Å². The molecule has 8 nitrogen and oxygen atoms in total. The molecule has 0 saturated carbocycles. The highest BCUT2D eigenvalue weighted by molar-refractivity contribution is 6.05. The number of hydrogen-bond acceptors (Lipinski definition) is 4. The predicted molar refractivity (Wildman–Crippen MR) is 192 cm³/mol. The van der Waals surface area contributed by atoms with E-state index in [1.807, 2.05) is 54.6 Å². The molecule has 5 heterocycles. The van der Waals surface area contributed by atoms with Crippen molar-refractivity contribution in [1.29, 1.82) is 0 Å². The average Bonchev–Trinajstić information content (AvgIpc) is 3.87. The minimum Gasteiger partial charge on any atom is -0.324 e. The first-order chi connectivity index (χ1) is 23.8. The van der Waals surface area contributed by atoms with E-state index in [1.165, 1.54) is 0 Å². The summed E-state index contributed by atoms with van der Waals surface area (Å²) >= 11 is 0. The molecule has 5 aromatic carbocycles. The third-order valence-corrected chi connectivity index (χ3v) is 9.00. The Balaban J connectivity index is 1.36. The maximum atomic E-state index is 5.26. The summed E-state index contributed by atoms with van der Waals surface area (Å²) in [4.78, 5) is 34.9. The lowest BCUT2D eigenvalue weighted by atomic mass is 10.1. The predicted octanol–water partition coefficient (Wildman–Crippen LogP) is 7.90. The Morgan fingerprint density at radius 1 is 0.333 bits per heavy atom. The van der Waals surface area contributed by atoms with Crippen LogP contribution in [0, 0.1) is 0 Å². The van der Waals surface area contributed by atoms with Gasteiger partial charge in [-0.15, -0.1) is 0 Å². The Morgan fingerprint density at radius 2 is 0.750 bits per heavy atom. The molecule has 0 unspecified atom stereocenters. The molecule has 48 heavy (non-hydrogen) atoms. The van der Waals surface area contributed by atoms with Crippen molar-refractivity contribution >= 4 is 78.5 Å². The van der Waals surface area contributed by atoms with Gasteiger partial charge in [0.1, 0.15) is 45.2 Å². The van der Waals surface area contributed by atoms with Crippen molar-refractivity contribution in [2.45, 2.75) is 0 Å². The Hall–Kier alpha value is -6.80. The molecule has 1 aliphatic rings. The molecular formula is C40H26N8. The molecular weight excluding hydrogens is 592 g/mol. The molecule has 1 aliphatic heterocycles. The molecule has 4 aromatic heterocycles. The number of aromatic nitrogens is 4. The molecule has 0 radical (unpaired) electrons. The Morgan fingerprint density at radius 3 is 1.29 bits per heavy atom. The topological polar surface area (TPSA) is 113 Å². The number of fused-ring (bicyclic) bond motifs is 20. The van der Waals surface area contributed by atoms with Gasteiger partial charge in [0.15, 0.2) is 0 Å². The second-order valence-corrected chi connectivity index (χ2v) is 11.9. The molecule has 0 fully saturated rings. The number of nitrogens with zero attached hydrogens (tertiary/aromatic N) is 4. The lowest BCUT2D eigenvalue weighted by molar-refractivity contribution is 1.08. The van der Waals surface area contributed by atoms with Gasteiger partial charge in [0, 0.05) is 43.1 Å². The van der Waals surface area contributed by atoms with Crippen LogP contribution in [0.15, 0.2) is 141 Å². The van der Waals surface area contributed by atoms with Crippen molar-refractivity contribution in [2.24, 2.45) is 20.0 Å². The largest absolute Gasteiger partial charge is 0.324 e. The molecule has 0 aliphatic carbocycles. The number of nitrogens with one attached hydrogen (secondary N) is 4.